The summed E-state index contributed by atoms with van der Waals surface area (Å²) < 4.78 is 35.9. The Kier molecular flexibility index (Phi) is 11.7. The summed E-state index contributed by atoms with van der Waals surface area (Å²) in [6.07, 6.45) is 5.04. The van der Waals surface area contributed by atoms with Gasteiger partial charge in [-0.1, -0.05) is 43.2 Å². The highest BCUT2D eigenvalue weighted by molar-refractivity contribution is 7.90. The van der Waals surface area contributed by atoms with E-state index in [4.69, 9.17) is 16.3 Å². The SMILES string of the molecule is CN1CCN(c2ccc(S(=O)(=O)NC(=O)c3ccc(N4CCN(CC5=C(c6ccc(Cl)cc6)CC(C)(C)CC5)CC4)cc3Oc3ccc4[nH]ccc4c3)cc2[N+](=O)[O-])CC1. The number of nitrogens with zero attached hydrogens (tertiary/aromatic N) is 5. The molecule has 0 spiro atoms. The minimum atomic E-state index is -4.53. The zero-order valence-electron chi connectivity index (χ0n) is 34.1. The highest BCUT2D eigenvalue weighted by Gasteiger charge is 2.31. The number of hydrogen-bond acceptors (Lipinski definition) is 10. The minimum Gasteiger partial charge on any atom is -0.456 e. The number of hydrogen-bond donors (Lipinski definition) is 2. The summed E-state index contributed by atoms with van der Waals surface area (Å²) in [5.41, 5.74) is 6.11. The number of fused-ring (bicyclic) bond motifs is 1. The molecule has 2 saturated heterocycles. The first-order valence-electron chi connectivity index (χ1n) is 20.3. The van der Waals surface area contributed by atoms with Crippen molar-refractivity contribution in [2.75, 3.05) is 75.8 Å². The van der Waals surface area contributed by atoms with E-state index in [0.717, 1.165) is 92.8 Å². The van der Waals surface area contributed by atoms with Crippen molar-refractivity contribution < 1.29 is 22.9 Å². The molecule has 5 aromatic rings. The van der Waals surface area contributed by atoms with Crippen LogP contribution in [0.1, 0.15) is 49.0 Å². The van der Waals surface area contributed by atoms with Crippen molar-refractivity contribution in [3.63, 3.8) is 0 Å². The predicted octanol–water partition coefficient (Wildman–Crippen LogP) is 8.18. The molecule has 13 nitrogen and oxygen atoms in total. The number of sulfonamides is 1. The molecule has 15 heteroatoms. The molecule has 4 aromatic carbocycles. The van der Waals surface area contributed by atoms with Crippen LogP contribution in [0.5, 0.6) is 11.5 Å². The smallest absolute Gasteiger partial charge is 0.293 e. The average molecular weight is 852 g/mol. The van der Waals surface area contributed by atoms with Gasteiger partial charge in [-0.3, -0.25) is 19.8 Å². The third kappa shape index (κ3) is 9.16. The molecule has 8 rings (SSSR count). The van der Waals surface area contributed by atoms with Crippen molar-refractivity contribution in [1.82, 2.24) is 19.5 Å². The summed E-state index contributed by atoms with van der Waals surface area (Å²) in [6, 6.07) is 24.5. The second kappa shape index (κ2) is 16.9. The first-order valence-corrected chi connectivity index (χ1v) is 22.2. The van der Waals surface area contributed by atoms with Crippen LogP contribution in [0.15, 0.2) is 102 Å². The van der Waals surface area contributed by atoms with Crippen LogP contribution < -0.4 is 19.3 Å². The van der Waals surface area contributed by atoms with Crippen LogP contribution in [0.2, 0.25) is 5.02 Å². The topological polar surface area (TPSA) is 144 Å². The summed E-state index contributed by atoms with van der Waals surface area (Å²) >= 11 is 6.24. The van der Waals surface area contributed by atoms with Gasteiger partial charge in [-0.2, -0.15) is 0 Å². The second-order valence-corrected chi connectivity index (χ2v) is 19.0. The van der Waals surface area contributed by atoms with Gasteiger partial charge in [0.2, 0.25) is 0 Å². The molecule has 0 atom stereocenters. The molecule has 0 unspecified atom stereocenters. The summed E-state index contributed by atoms with van der Waals surface area (Å²) in [6.45, 7) is 11.3. The summed E-state index contributed by atoms with van der Waals surface area (Å²) in [5.74, 6) is -0.275. The fraction of sp³-hybridized carbons (Fsp3) is 0.356. The zero-order chi connectivity index (χ0) is 42.2. The highest BCUT2D eigenvalue weighted by atomic mass is 35.5. The number of halogens is 1. The molecule has 314 valence electrons. The van der Waals surface area contributed by atoms with Crippen LogP contribution >= 0.6 is 11.6 Å². The number of H-pyrrole nitrogens is 1. The first-order chi connectivity index (χ1) is 28.7. The fourth-order valence-corrected chi connectivity index (χ4v) is 9.58. The number of nitro groups is 1. The van der Waals surface area contributed by atoms with Crippen LogP contribution in [0.25, 0.3) is 16.5 Å². The zero-order valence-corrected chi connectivity index (χ0v) is 35.7. The summed E-state index contributed by atoms with van der Waals surface area (Å²) in [4.78, 5) is 37.0. The third-order valence-electron chi connectivity index (χ3n) is 12.0. The maximum Gasteiger partial charge on any atom is 0.293 e. The van der Waals surface area contributed by atoms with Gasteiger partial charge in [-0.05, 0) is 104 Å². The number of piperazine rings is 2. The van der Waals surface area contributed by atoms with Crippen LogP contribution in [-0.2, 0) is 10.0 Å². The van der Waals surface area contributed by atoms with Crippen LogP contribution in [0, 0.1) is 15.5 Å². The van der Waals surface area contributed by atoms with E-state index in [1.165, 1.54) is 28.8 Å². The lowest BCUT2D eigenvalue weighted by Gasteiger charge is -2.39. The number of carbonyl (C=O) groups is 1. The maximum atomic E-state index is 13.9. The van der Waals surface area contributed by atoms with E-state index in [2.05, 4.69) is 50.4 Å². The predicted molar refractivity (Wildman–Crippen MR) is 237 cm³/mol. The normalized spacial score (nSPS) is 17.9. The van der Waals surface area contributed by atoms with Crippen molar-refractivity contribution in [3.8, 4) is 11.5 Å². The van der Waals surface area contributed by atoms with E-state index in [1.807, 2.05) is 48.5 Å². The summed E-state index contributed by atoms with van der Waals surface area (Å²) in [7, 11) is -2.55. The quantitative estimate of drug-likeness (QED) is 0.0987. The lowest BCUT2D eigenvalue weighted by atomic mass is 9.72. The van der Waals surface area contributed by atoms with Gasteiger partial charge in [0.25, 0.3) is 21.6 Å². The first kappa shape index (κ1) is 41.3. The number of ether oxygens (including phenoxy) is 1. The van der Waals surface area contributed by atoms with Gasteiger partial charge in [-0.25, -0.2) is 13.1 Å². The van der Waals surface area contributed by atoms with Gasteiger partial charge in [0.1, 0.15) is 17.2 Å². The molecule has 3 heterocycles. The van der Waals surface area contributed by atoms with Gasteiger partial charge in [0.15, 0.2) is 0 Å². The van der Waals surface area contributed by atoms with Crippen LogP contribution in [0.4, 0.5) is 17.1 Å². The van der Waals surface area contributed by atoms with E-state index < -0.39 is 20.9 Å². The largest absolute Gasteiger partial charge is 0.456 e. The van der Waals surface area contributed by atoms with E-state index >= 15 is 0 Å². The Morgan fingerprint density at radius 2 is 1.63 bits per heavy atom. The van der Waals surface area contributed by atoms with E-state index in [1.54, 1.807) is 24.3 Å². The molecular formula is C45H50ClN7O6S. The number of likely N-dealkylation sites (N-methyl/N-ethyl adjacent to an activating group) is 1. The van der Waals surface area contributed by atoms with Crippen molar-refractivity contribution in [3.05, 3.63) is 123 Å². The average Bonchev–Trinajstić information content (AvgIpc) is 3.70. The Hall–Kier alpha value is -5.41. The fourth-order valence-electron chi connectivity index (χ4n) is 8.47. The molecule has 1 amide bonds. The molecule has 1 aromatic heterocycles. The summed E-state index contributed by atoms with van der Waals surface area (Å²) in [5, 5.41) is 13.8. The van der Waals surface area contributed by atoms with Gasteiger partial charge in [-0.15, -0.1) is 0 Å². The number of amides is 1. The van der Waals surface area contributed by atoms with Crippen molar-refractivity contribution in [2.45, 2.75) is 38.0 Å². The minimum absolute atomic E-state index is 0.000529. The standard InChI is InChI=1S/C45H50ClN7O6S/c1-45(2)16-14-33(39(29-45)31-4-6-34(46)7-5-31)30-50-20-24-51(25-21-50)35-8-11-38(43(27-35)59-36-9-12-40-32(26-36)15-17-47-40)44(54)48-60(57,58)37-10-13-41(42(28-37)53(55)56)52-22-18-49(3)19-23-52/h4-13,15,17,26-28,47H,14,16,18-25,29-30H2,1-3H3,(H,48,54). The number of allylic oxidation sites excluding steroid dienone is 1. The number of aromatic amines is 1. The molecule has 2 fully saturated rings. The molecule has 0 radical (unpaired) electrons. The number of rotatable bonds is 11. The van der Waals surface area contributed by atoms with E-state index in [-0.39, 0.29) is 27.3 Å². The number of aromatic nitrogens is 1. The molecule has 2 N–H and O–H groups in total. The van der Waals surface area contributed by atoms with Gasteiger partial charge in [0.05, 0.1) is 15.4 Å². The van der Waals surface area contributed by atoms with Gasteiger partial charge >= 0.3 is 0 Å². The monoisotopic (exact) mass is 851 g/mol. The van der Waals surface area contributed by atoms with E-state index in [0.29, 0.717) is 24.5 Å². The number of nitrogens with one attached hydrogen (secondary N) is 2. The molecule has 0 saturated carbocycles. The Bertz CT molecular complexity index is 2560. The van der Waals surface area contributed by atoms with Crippen molar-refractivity contribution in [2.24, 2.45) is 5.41 Å². The molecule has 2 aliphatic heterocycles. The molecule has 0 bridgehead atoms. The van der Waals surface area contributed by atoms with Crippen LogP contribution in [0.3, 0.4) is 0 Å². The highest BCUT2D eigenvalue weighted by Crippen LogP contribution is 2.43. The van der Waals surface area contributed by atoms with Gasteiger partial charge in [0, 0.05) is 98.8 Å². The number of anilines is 2. The number of benzene rings is 4. The van der Waals surface area contributed by atoms with Crippen molar-refractivity contribution in [1.29, 1.82) is 0 Å². The lowest BCUT2D eigenvalue weighted by Crippen LogP contribution is -2.47. The van der Waals surface area contributed by atoms with Gasteiger partial charge < -0.3 is 24.4 Å². The number of carbonyl (C=O) groups excluding carboxylic acids is 1. The molecule has 3 aliphatic rings. The number of nitro benzene ring substituents is 1. The third-order valence-corrected chi connectivity index (χ3v) is 13.6. The molecule has 1 aliphatic carbocycles. The second-order valence-electron chi connectivity index (χ2n) is 16.8. The van der Waals surface area contributed by atoms with Crippen LogP contribution in [-0.4, -0.2) is 100.0 Å². The Labute approximate surface area is 355 Å². The Balaban J connectivity index is 1.02. The Morgan fingerprint density at radius 3 is 2.37 bits per heavy atom. The van der Waals surface area contributed by atoms with E-state index in [9.17, 15) is 23.3 Å². The lowest BCUT2D eigenvalue weighted by molar-refractivity contribution is -0.384. The maximum absolute atomic E-state index is 13.9. The molecule has 60 heavy (non-hydrogen) atoms. The van der Waals surface area contributed by atoms with Crippen molar-refractivity contribution >= 4 is 61.1 Å². The molecular weight excluding hydrogens is 802 g/mol. The Morgan fingerprint density at radius 1 is 0.900 bits per heavy atom.